The third-order valence-corrected chi connectivity index (χ3v) is 4.96. The average Bonchev–Trinajstić information content (AvgIpc) is 1.81. The third-order valence-electron chi connectivity index (χ3n) is 2.12. The lowest BCUT2D eigenvalue weighted by molar-refractivity contribution is 0.197. The highest BCUT2D eigenvalue weighted by molar-refractivity contribution is 6.71. The molecule has 0 saturated heterocycles. The van der Waals surface area contributed by atoms with Crippen LogP contribution in [0.25, 0.3) is 0 Å². The van der Waals surface area contributed by atoms with Gasteiger partial charge in [-0.05, 0) is 38.4 Å². The molecule has 0 N–H and O–H groups in total. The molecule has 1 unspecified atom stereocenters. The molecule has 0 amide bonds. The lowest BCUT2D eigenvalue weighted by Crippen LogP contribution is -2.35. The second-order valence-corrected chi connectivity index (χ2v) is 9.24. The van der Waals surface area contributed by atoms with Gasteiger partial charge in [-0.2, -0.15) is 0 Å². The van der Waals surface area contributed by atoms with E-state index in [1.807, 2.05) is 0 Å². The lowest BCUT2D eigenvalue weighted by Gasteiger charge is -2.28. The highest BCUT2D eigenvalue weighted by Crippen LogP contribution is 2.20. The van der Waals surface area contributed by atoms with E-state index in [1.165, 1.54) is 18.9 Å². The highest BCUT2D eigenvalue weighted by Gasteiger charge is 2.25. The molecule has 0 fully saturated rings. The first-order valence-electron chi connectivity index (χ1n) is 5.55. The summed E-state index contributed by atoms with van der Waals surface area (Å²) in [6, 6.07) is 1.28. The molecule has 80 valence electrons. The Labute approximate surface area is 85.0 Å². The summed E-state index contributed by atoms with van der Waals surface area (Å²) < 4.78 is 6.13. The molecule has 1 atom stereocenters. The Hall–Kier alpha value is 0.177. The molecule has 0 aromatic rings. The van der Waals surface area contributed by atoms with Crippen molar-refractivity contribution in [2.75, 3.05) is 0 Å². The van der Waals surface area contributed by atoms with Crippen molar-refractivity contribution < 1.29 is 4.43 Å². The highest BCUT2D eigenvalue weighted by atomic mass is 28.4. The van der Waals surface area contributed by atoms with E-state index in [9.17, 15) is 0 Å². The van der Waals surface area contributed by atoms with Gasteiger partial charge in [-0.3, -0.25) is 0 Å². The molecule has 0 aliphatic carbocycles. The SMILES string of the molecule is CCCC(C)O[Si](C)(C)CC(C)C. The van der Waals surface area contributed by atoms with Gasteiger partial charge in [0.15, 0.2) is 8.32 Å². The van der Waals surface area contributed by atoms with Crippen molar-refractivity contribution >= 4 is 8.32 Å². The summed E-state index contributed by atoms with van der Waals surface area (Å²) >= 11 is 0. The van der Waals surface area contributed by atoms with Crippen LogP contribution in [0.4, 0.5) is 0 Å². The molecule has 0 spiro atoms. The van der Waals surface area contributed by atoms with Crippen molar-refractivity contribution in [1.29, 1.82) is 0 Å². The summed E-state index contributed by atoms with van der Waals surface area (Å²) in [5.74, 6) is 0.774. The minimum atomic E-state index is -1.37. The largest absolute Gasteiger partial charge is 0.415 e. The molecule has 2 heteroatoms. The van der Waals surface area contributed by atoms with Crippen LogP contribution in [0.2, 0.25) is 19.1 Å². The average molecular weight is 202 g/mol. The third kappa shape index (κ3) is 7.26. The lowest BCUT2D eigenvalue weighted by atomic mass is 10.2. The summed E-state index contributed by atoms with van der Waals surface area (Å²) in [4.78, 5) is 0. The van der Waals surface area contributed by atoms with E-state index >= 15 is 0 Å². The van der Waals surface area contributed by atoms with Crippen molar-refractivity contribution in [3.05, 3.63) is 0 Å². The van der Waals surface area contributed by atoms with Gasteiger partial charge in [-0.15, -0.1) is 0 Å². The zero-order chi connectivity index (χ0) is 10.5. The van der Waals surface area contributed by atoms with Gasteiger partial charge in [0.1, 0.15) is 0 Å². The Kier molecular flexibility index (Phi) is 5.89. The van der Waals surface area contributed by atoms with E-state index in [-0.39, 0.29) is 0 Å². The second kappa shape index (κ2) is 5.81. The van der Waals surface area contributed by atoms with Crippen LogP contribution in [-0.2, 0) is 4.43 Å². The zero-order valence-electron chi connectivity index (χ0n) is 10.2. The molecule has 0 aromatic carbocycles. The van der Waals surface area contributed by atoms with Crippen molar-refractivity contribution in [2.45, 2.75) is 65.8 Å². The summed E-state index contributed by atoms with van der Waals surface area (Å²) in [6.45, 7) is 13.7. The first kappa shape index (κ1) is 13.2. The number of hydrogen-bond acceptors (Lipinski definition) is 1. The predicted molar refractivity (Wildman–Crippen MR) is 62.6 cm³/mol. The monoisotopic (exact) mass is 202 g/mol. The van der Waals surface area contributed by atoms with E-state index in [0.29, 0.717) is 6.10 Å². The van der Waals surface area contributed by atoms with Gasteiger partial charge in [0, 0.05) is 6.10 Å². The van der Waals surface area contributed by atoms with Gasteiger partial charge >= 0.3 is 0 Å². The Morgan fingerprint density at radius 2 is 1.69 bits per heavy atom. The molecule has 13 heavy (non-hydrogen) atoms. The van der Waals surface area contributed by atoms with E-state index in [0.717, 1.165) is 5.92 Å². The first-order valence-corrected chi connectivity index (χ1v) is 8.66. The maximum atomic E-state index is 6.13. The fraction of sp³-hybridized carbons (Fsp3) is 1.00. The van der Waals surface area contributed by atoms with E-state index in [1.54, 1.807) is 0 Å². The van der Waals surface area contributed by atoms with E-state index < -0.39 is 8.32 Å². The van der Waals surface area contributed by atoms with E-state index in [2.05, 4.69) is 40.8 Å². The fourth-order valence-electron chi connectivity index (χ4n) is 2.04. The van der Waals surface area contributed by atoms with Crippen molar-refractivity contribution in [3.8, 4) is 0 Å². The van der Waals surface area contributed by atoms with Crippen LogP contribution >= 0.6 is 0 Å². The minimum absolute atomic E-state index is 0.463. The standard InChI is InChI=1S/C11H26OSi/c1-7-8-11(4)12-13(5,6)9-10(2)3/h10-11H,7-9H2,1-6H3. The Balaban J connectivity index is 3.85. The maximum absolute atomic E-state index is 6.13. The normalized spacial score (nSPS) is 15.0. The van der Waals surface area contributed by atoms with E-state index in [4.69, 9.17) is 4.43 Å². The molecule has 0 aliphatic rings. The Morgan fingerprint density at radius 3 is 2.08 bits per heavy atom. The fourth-order valence-corrected chi connectivity index (χ4v) is 5.31. The quantitative estimate of drug-likeness (QED) is 0.590. The first-order chi connectivity index (χ1) is 5.87. The summed E-state index contributed by atoms with van der Waals surface area (Å²) in [6.07, 6.45) is 2.90. The smallest absolute Gasteiger partial charge is 0.187 e. The van der Waals surface area contributed by atoms with Crippen LogP contribution < -0.4 is 0 Å². The molecule has 0 saturated carbocycles. The van der Waals surface area contributed by atoms with Gasteiger partial charge in [0.2, 0.25) is 0 Å². The van der Waals surface area contributed by atoms with Crippen molar-refractivity contribution in [3.63, 3.8) is 0 Å². The minimum Gasteiger partial charge on any atom is -0.415 e. The Morgan fingerprint density at radius 1 is 1.15 bits per heavy atom. The van der Waals surface area contributed by atoms with Crippen LogP contribution in [0, 0.1) is 5.92 Å². The molecular weight excluding hydrogens is 176 g/mol. The summed E-state index contributed by atoms with van der Waals surface area (Å²) in [5, 5.41) is 0. The molecule has 0 radical (unpaired) electrons. The molecule has 0 heterocycles. The zero-order valence-corrected chi connectivity index (χ0v) is 11.2. The van der Waals surface area contributed by atoms with Crippen LogP contribution in [-0.4, -0.2) is 14.4 Å². The van der Waals surface area contributed by atoms with Crippen LogP contribution in [0.3, 0.4) is 0 Å². The second-order valence-electron chi connectivity index (χ2n) is 5.07. The molecule has 0 bridgehead atoms. The molecule has 0 aliphatic heterocycles. The maximum Gasteiger partial charge on any atom is 0.187 e. The van der Waals surface area contributed by atoms with Gasteiger partial charge in [-0.1, -0.05) is 27.2 Å². The van der Waals surface area contributed by atoms with Gasteiger partial charge in [0.05, 0.1) is 0 Å². The number of rotatable bonds is 6. The molecule has 0 aromatic heterocycles. The summed E-state index contributed by atoms with van der Waals surface area (Å²) in [5.41, 5.74) is 0. The van der Waals surface area contributed by atoms with Crippen molar-refractivity contribution in [2.24, 2.45) is 5.92 Å². The van der Waals surface area contributed by atoms with Gasteiger partial charge < -0.3 is 4.43 Å². The van der Waals surface area contributed by atoms with Crippen LogP contribution in [0.5, 0.6) is 0 Å². The number of hydrogen-bond donors (Lipinski definition) is 0. The van der Waals surface area contributed by atoms with Gasteiger partial charge in [-0.25, -0.2) is 0 Å². The Bertz CT molecular complexity index is 132. The topological polar surface area (TPSA) is 9.23 Å². The summed E-state index contributed by atoms with van der Waals surface area (Å²) in [7, 11) is -1.37. The van der Waals surface area contributed by atoms with Crippen molar-refractivity contribution in [1.82, 2.24) is 0 Å². The van der Waals surface area contributed by atoms with Crippen LogP contribution in [0.15, 0.2) is 0 Å². The molecular formula is C11H26OSi. The van der Waals surface area contributed by atoms with Gasteiger partial charge in [0.25, 0.3) is 0 Å². The molecule has 1 nitrogen and oxygen atoms in total. The predicted octanol–water partition coefficient (Wildman–Crippen LogP) is 4.05. The van der Waals surface area contributed by atoms with Crippen LogP contribution in [0.1, 0.15) is 40.5 Å². The molecule has 0 rings (SSSR count).